The molecule has 0 aliphatic heterocycles. The highest BCUT2D eigenvalue weighted by molar-refractivity contribution is 6.74. The van der Waals surface area contributed by atoms with E-state index in [1.54, 1.807) is 24.4 Å². The van der Waals surface area contributed by atoms with Crippen LogP contribution in [-0.4, -0.2) is 46.6 Å². The molecule has 6 aromatic rings. The Morgan fingerprint density at radius 1 is 0.939 bits per heavy atom. The lowest BCUT2D eigenvalue weighted by atomic mass is 10.1. The van der Waals surface area contributed by atoms with E-state index < -0.39 is 8.32 Å². The molecule has 49 heavy (non-hydrogen) atoms. The molecular formula is C39H40N6O3Si. The van der Waals surface area contributed by atoms with E-state index in [2.05, 4.69) is 44.2 Å². The lowest BCUT2D eigenvalue weighted by Crippen LogP contribution is -2.44. The quantitative estimate of drug-likeness (QED) is 0.112. The summed E-state index contributed by atoms with van der Waals surface area (Å²) in [5.41, 5.74) is 13.1. The van der Waals surface area contributed by atoms with E-state index in [0.717, 1.165) is 34.3 Å². The Morgan fingerprint density at radius 3 is 2.39 bits per heavy atom. The number of hydrogen-bond acceptors (Lipinski definition) is 7. The third-order valence-electron chi connectivity index (χ3n) is 9.12. The Morgan fingerprint density at radius 2 is 1.69 bits per heavy atom. The molecule has 0 saturated carbocycles. The fraction of sp³-hybridized carbons (Fsp3) is 0.205. The van der Waals surface area contributed by atoms with E-state index in [9.17, 15) is 9.59 Å². The van der Waals surface area contributed by atoms with E-state index in [-0.39, 0.29) is 10.9 Å². The zero-order valence-corrected chi connectivity index (χ0v) is 29.4. The van der Waals surface area contributed by atoms with Gasteiger partial charge in [0.2, 0.25) is 0 Å². The molecule has 1 amide bonds. The average molecular weight is 669 g/mol. The predicted octanol–water partition coefficient (Wildman–Crippen LogP) is 7.90. The van der Waals surface area contributed by atoms with Gasteiger partial charge < -0.3 is 15.5 Å². The summed E-state index contributed by atoms with van der Waals surface area (Å²) >= 11 is 0. The largest absolute Gasteiger partial charge is 0.543 e. The molecule has 0 bridgehead atoms. The molecule has 248 valence electrons. The second-order valence-corrected chi connectivity index (χ2v) is 18.2. The van der Waals surface area contributed by atoms with Crippen molar-refractivity contribution in [1.29, 1.82) is 0 Å². The number of carbonyl (C=O) groups is 2. The van der Waals surface area contributed by atoms with Crippen LogP contribution in [0.15, 0.2) is 103 Å². The first-order chi connectivity index (χ1) is 23.4. The third kappa shape index (κ3) is 7.00. The normalized spacial score (nSPS) is 11.8. The van der Waals surface area contributed by atoms with Crippen LogP contribution in [0.2, 0.25) is 18.1 Å². The minimum Gasteiger partial charge on any atom is -0.543 e. The first-order valence-corrected chi connectivity index (χ1v) is 19.2. The SMILES string of the molecule is CC(C)(C)[Si](C)(C)Oc1cc(C(=O)NCCc2ccc(-n3c(-c4cccnc4N)nc4ccc(-c5ccccc5)nc43)cc2)ccc1C=O. The van der Waals surface area contributed by atoms with Gasteiger partial charge in [-0.15, -0.1) is 0 Å². The lowest BCUT2D eigenvalue weighted by molar-refractivity contribution is 0.0953. The number of anilines is 1. The molecule has 3 N–H and O–H groups in total. The van der Waals surface area contributed by atoms with Gasteiger partial charge >= 0.3 is 0 Å². The van der Waals surface area contributed by atoms with Crippen LogP contribution in [0, 0.1) is 0 Å². The topological polar surface area (TPSA) is 125 Å². The number of rotatable bonds is 10. The van der Waals surface area contributed by atoms with Gasteiger partial charge in [0, 0.05) is 29.6 Å². The van der Waals surface area contributed by atoms with Crippen LogP contribution in [0.3, 0.4) is 0 Å². The van der Waals surface area contributed by atoms with Crippen LogP contribution < -0.4 is 15.5 Å². The van der Waals surface area contributed by atoms with Crippen molar-refractivity contribution in [2.24, 2.45) is 0 Å². The zero-order valence-electron chi connectivity index (χ0n) is 28.4. The Kier molecular flexibility index (Phi) is 9.16. The fourth-order valence-electron chi connectivity index (χ4n) is 5.28. The van der Waals surface area contributed by atoms with Gasteiger partial charge in [0.05, 0.1) is 16.8 Å². The first-order valence-electron chi connectivity index (χ1n) is 16.3. The van der Waals surface area contributed by atoms with Crippen LogP contribution in [0.4, 0.5) is 5.82 Å². The van der Waals surface area contributed by atoms with E-state index in [1.807, 2.05) is 83.4 Å². The van der Waals surface area contributed by atoms with Crippen LogP contribution in [0.5, 0.6) is 5.75 Å². The Bertz CT molecular complexity index is 2140. The maximum atomic E-state index is 13.1. The number of fused-ring (bicyclic) bond motifs is 1. The highest BCUT2D eigenvalue weighted by Gasteiger charge is 2.39. The molecule has 3 heterocycles. The molecular weight excluding hydrogens is 629 g/mol. The van der Waals surface area contributed by atoms with Gasteiger partial charge in [0.1, 0.15) is 17.1 Å². The maximum Gasteiger partial charge on any atom is 0.251 e. The number of nitrogens with two attached hydrogens (primary N) is 1. The van der Waals surface area contributed by atoms with Crippen molar-refractivity contribution in [2.45, 2.75) is 45.3 Å². The van der Waals surface area contributed by atoms with Crippen LogP contribution in [0.25, 0.3) is 39.5 Å². The highest BCUT2D eigenvalue weighted by atomic mass is 28.4. The number of aromatic nitrogens is 4. The Balaban J connectivity index is 1.22. The molecule has 3 aromatic heterocycles. The van der Waals surface area contributed by atoms with Crippen LogP contribution in [0.1, 0.15) is 47.1 Å². The fourth-order valence-corrected chi connectivity index (χ4v) is 6.32. The molecule has 6 rings (SSSR count). The van der Waals surface area contributed by atoms with Crippen molar-refractivity contribution >= 4 is 37.5 Å². The molecule has 0 aliphatic carbocycles. The summed E-state index contributed by atoms with van der Waals surface area (Å²) in [6.45, 7) is 11.1. The summed E-state index contributed by atoms with van der Waals surface area (Å²) in [5, 5.41) is 2.96. The van der Waals surface area contributed by atoms with Gasteiger partial charge in [-0.1, -0.05) is 63.2 Å². The number of imidazole rings is 1. The maximum absolute atomic E-state index is 13.1. The molecule has 9 nitrogen and oxygen atoms in total. The molecule has 0 atom stereocenters. The minimum absolute atomic E-state index is 0.0543. The first kappa shape index (κ1) is 33.3. The Labute approximate surface area is 287 Å². The summed E-state index contributed by atoms with van der Waals surface area (Å²) < 4.78 is 8.41. The van der Waals surface area contributed by atoms with Gasteiger partial charge in [0.15, 0.2) is 17.8 Å². The monoisotopic (exact) mass is 668 g/mol. The molecule has 10 heteroatoms. The third-order valence-corrected chi connectivity index (χ3v) is 13.5. The van der Waals surface area contributed by atoms with Gasteiger partial charge in [0.25, 0.3) is 14.2 Å². The number of nitrogen functional groups attached to an aromatic ring is 1. The van der Waals surface area contributed by atoms with Gasteiger partial charge in [-0.25, -0.2) is 15.0 Å². The van der Waals surface area contributed by atoms with E-state index in [4.69, 9.17) is 20.1 Å². The molecule has 0 aliphatic rings. The smallest absolute Gasteiger partial charge is 0.251 e. The van der Waals surface area contributed by atoms with Crippen molar-refractivity contribution in [3.63, 3.8) is 0 Å². The number of hydrogen-bond donors (Lipinski definition) is 2. The summed E-state index contributed by atoms with van der Waals surface area (Å²) in [4.78, 5) is 39.1. The van der Waals surface area contributed by atoms with E-state index in [1.165, 1.54) is 0 Å². The summed E-state index contributed by atoms with van der Waals surface area (Å²) in [5.74, 6) is 1.26. The average Bonchev–Trinajstić information content (AvgIpc) is 3.47. The number of amides is 1. The highest BCUT2D eigenvalue weighted by Crippen LogP contribution is 2.38. The van der Waals surface area contributed by atoms with Gasteiger partial charge in [-0.2, -0.15) is 0 Å². The van der Waals surface area contributed by atoms with Gasteiger partial charge in [-0.05, 0) is 84.7 Å². The molecule has 0 spiro atoms. The lowest BCUT2D eigenvalue weighted by Gasteiger charge is -2.36. The summed E-state index contributed by atoms with van der Waals surface area (Å²) in [6, 6.07) is 30.8. The van der Waals surface area contributed by atoms with Crippen molar-refractivity contribution in [1.82, 2.24) is 24.8 Å². The molecule has 0 radical (unpaired) electrons. The number of nitrogens with zero attached hydrogens (tertiary/aromatic N) is 4. The minimum atomic E-state index is -2.21. The molecule has 3 aromatic carbocycles. The predicted molar refractivity (Wildman–Crippen MR) is 198 cm³/mol. The second kappa shape index (κ2) is 13.5. The number of nitrogens with one attached hydrogen (secondary N) is 1. The summed E-state index contributed by atoms with van der Waals surface area (Å²) in [6.07, 6.45) is 3.05. The van der Waals surface area contributed by atoms with Crippen molar-refractivity contribution in [3.8, 4) is 34.1 Å². The van der Waals surface area contributed by atoms with E-state index >= 15 is 0 Å². The standard InChI is InChI=1S/C39H40N6O3Si/c1-39(2,3)49(4,5)48-34-24-28(15-16-29(34)25-46)38(47)42-23-21-26-13-17-30(18-14-26)45-36(31-12-9-22-41-35(31)40)44-33-20-19-32(43-37(33)45)27-10-7-6-8-11-27/h6-20,22,24-25H,21,23H2,1-5H3,(H2,40,41)(H,42,47). The van der Waals surface area contributed by atoms with Crippen molar-refractivity contribution in [3.05, 3.63) is 120 Å². The number of carbonyl (C=O) groups excluding carboxylic acids is 2. The molecule has 0 unspecified atom stereocenters. The van der Waals surface area contributed by atoms with Crippen LogP contribution >= 0.6 is 0 Å². The molecule has 0 saturated heterocycles. The zero-order chi connectivity index (χ0) is 34.8. The van der Waals surface area contributed by atoms with Gasteiger partial charge in [-0.3, -0.25) is 14.2 Å². The van der Waals surface area contributed by atoms with E-state index in [0.29, 0.717) is 52.7 Å². The number of benzene rings is 3. The number of pyridine rings is 2. The van der Waals surface area contributed by atoms with Crippen molar-refractivity contribution < 1.29 is 14.0 Å². The second-order valence-electron chi connectivity index (χ2n) is 13.5. The summed E-state index contributed by atoms with van der Waals surface area (Å²) in [7, 11) is -2.21. The van der Waals surface area contributed by atoms with Crippen molar-refractivity contribution in [2.75, 3.05) is 12.3 Å². The van der Waals surface area contributed by atoms with Crippen LogP contribution in [-0.2, 0) is 6.42 Å². The number of aldehydes is 1. The molecule has 0 fully saturated rings. The Hall–Kier alpha value is -5.61.